The average Bonchev–Trinajstić information content (AvgIpc) is 2.97. The molecular weight excluding hydrogens is 580 g/mol. The van der Waals surface area contributed by atoms with E-state index in [1.54, 1.807) is 0 Å². The Bertz CT molecular complexity index is 1540. The normalized spacial score (nSPS) is 33.0. The summed E-state index contributed by atoms with van der Waals surface area (Å²) in [6.07, 6.45) is -18.6. The molecule has 16 heteroatoms. The SMILES string of the molecule is COc1cc(-c2cc(=O)c3c(O)c([C@@H]4O[C@H](O)[C@@H](O)[C@H](O[C@@H]5O[C@H](CO)[C@@H](O)[C@H](O)[C@H]5O)[C@H]4O)c(O)cc3o2)ccc1O. The van der Waals surface area contributed by atoms with Crippen LogP contribution in [-0.2, 0) is 14.2 Å². The number of rotatable bonds is 6. The maximum atomic E-state index is 13.1. The molecule has 0 radical (unpaired) electrons. The highest BCUT2D eigenvalue weighted by molar-refractivity contribution is 5.88. The zero-order valence-electron chi connectivity index (χ0n) is 22.3. The summed E-state index contributed by atoms with van der Waals surface area (Å²) in [6, 6.07) is 6.11. The van der Waals surface area contributed by atoms with E-state index in [1.165, 1.54) is 25.3 Å². The molecule has 0 saturated carbocycles. The van der Waals surface area contributed by atoms with Gasteiger partial charge in [0.15, 0.2) is 29.5 Å². The third-order valence-electron chi connectivity index (χ3n) is 7.46. The Kier molecular flexibility index (Phi) is 8.52. The minimum absolute atomic E-state index is 0.0113. The Balaban J connectivity index is 1.51. The number of methoxy groups -OCH3 is 1. The number of aromatic hydroxyl groups is 3. The molecule has 0 aliphatic carbocycles. The van der Waals surface area contributed by atoms with Gasteiger partial charge in [-0.15, -0.1) is 0 Å². The van der Waals surface area contributed by atoms with Gasteiger partial charge in [0.05, 0.1) is 19.3 Å². The van der Waals surface area contributed by atoms with Gasteiger partial charge in [0.1, 0.15) is 77.1 Å². The molecule has 3 aromatic rings. The van der Waals surface area contributed by atoms with Crippen molar-refractivity contribution in [1.82, 2.24) is 0 Å². The molecule has 0 spiro atoms. The lowest BCUT2D eigenvalue weighted by atomic mass is 9.91. The number of hydrogen-bond acceptors (Lipinski definition) is 16. The van der Waals surface area contributed by atoms with Gasteiger partial charge < -0.3 is 74.4 Å². The smallest absolute Gasteiger partial charge is 0.197 e. The first kappa shape index (κ1) is 30.9. The van der Waals surface area contributed by atoms with Gasteiger partial charge in [-0.2, -0.15) is 0 Å². The van der Waals surface area contributed by atoms with Crippen LogP contribution < -0.4 is 10.2 Å². The first-order valence-corrected chi connectivity index (χ1v) is 12.9. The molecule has 2 fully saturated rings. The van der Waals surface area contributed by atoms with E-state index < -0.39 is 95.9 Å². The standard InChI is InChI=1S/C27H30O16/c1-39-13-4-8(2-3-9(13)29)12-5-10(30)16-14(40-12)6-11(31)17(19(16)33)24-22(36)25(23(37)26(38)42-24)43-27-21(35)20(34)18(32)15(7-28)41-27/h2-6,15,18,20-29,31-38H,7H2,1H3/t15-,18-,20+,21-,22+,23+,24+,25-,26+,27+/m1/s1. The summed E-state index contributed by atoms with van der Waals surface area (Å²) in [5, 5.41) is 103. The first-order valence-electron chi connectivity index (χ1n) is 12.9. The maximum absolute atomic E-state index is 13.1. The van der Waals surface area contributed by atoms with E-state index in [2.05, 4.69) is 0 Å². The van der Waals surface area contributed by atoms with E-state index in [4.69, 9.17) is 23.4 Å². The van der Waals surface area contributed by atoms with Crippen molar-refractivity contribution in [2.24, 2.45) is 0 Å². The van der Waals surface area contributed by atoms with Crippen LogP contribution in [0.2, 0.25) is 0 Å². The van der Waals surface area contributed by atoms with Crippen molar-refractivity contribution in [2.75, 3.05) is 13.7 Å². The number of benzene rings is 2. The summed E-state index contributed by atoms with van der Waals surface area (Å²) in [5.74, 6) is -1.74. The number of ether oxygens (including phenoxy) is 4. The summed E-state index contributed by atoms with van der Waals surface area (Å²) < 4.78 is 26.7. The van der Waals surface area contributed by atoms with E-state index in [0.717, 1.165) is 12.1 Å². The van der Waals surface area contributed by atoms with Crippen LogP contribution in [0.15, 0.2) is 39.5 Å². The number of hydrogen-bond donors (Lipinski definition) is 10. The fourth-order valence-corrected chi connectivity index (χ4v) is 5.14. The Labute approximate surface area is 241 Å². The molecule has 2 aliphatic heterocycles. The summed E-state index contributed by atoms with van der Waals surface area (Å²) in [5.41, 5.74) is -1.34. The Hall–Kier alpha value is -3.55. The molecule has 0 bridgehead atoms. The number of phenols is 3. The molecule has 5 rings (SSSR count). The molecule has 16 nitrogen and oxygen atoms in total. The fraction of sp³-hybridized carbons (Fsp3) is 0.444. The number of fused-ring (bicyclic) bond motifs is 1. The minimum Gasteiger partial charge on any atom is -0.507 e. The van der Waals surface area contributed by atoms with Gasteiger partial charge in [0.2, 0.25) is 0 Å². The molecule has 43 heavy (non-hydrogen) atoms. The van der Waals surface area contributed by atoms with Crippen LogP contribution in [0.25, 0.3) is 22.3 Å². The molecule has 10 N–H and O–H groups in total. The second-order valence-corrected chi connectivity index (χ2v) is 10.1. The molecule has 1 aromatic heterocycles. The van der Waals surface area contributed by atoms with E-state index in [0.29, 0.717) is 5.56 Å². The van der Waals surface area contributed by atoms with Crippen molar-refractivity contribution < 1.29 is 74.4 Å². The monoisotopic (exact) mass is 610 g/mol. The quantitative estimate of drug-likeness (QED) is 0.143. The average molecular weight is 611 g/mol. The summed E-state index contributed by atoms with van der Waals surface area (Å²) in [6.45, 7) is -0.793. The van der Waals surface area contributed by atoms with Crippen LogP contribution in [0.4, 0.5) is 0 Å². The summed E-state index contributed by atoms with van der Waals surface area (Å²) in [4.78, 5) is 13.1. The number of phenolic OH excluding ortho intramolecular Hbond substituents is 3. The van der Waals surface area contributed by atoms with Gasteiger partial charge in [0.25, 0.3) is 0 Å². The summed E-state index contributed by atoms with van der Waals surface area (Å²) in [7, 11) is 1.32. The van der Waals surface area contributed by atoms with Crippen molar-refractivity contribution >= 4 is 11.0 Å². The van der Waals surface area contributed by atoms with E-state index in [9.17, 15) is 55.9 Å². The lowest BCUT2D eigenvalue weighted by Crippen LogP contribution is -2.63. The highest BCUT2D eigenvalue weighted by atomic mass is 16.7. The van der Waals surface area contributed by atoms with E-state index >= 15 is 0 Å². The molecule has 2 saturated heterocycles. The molecule has 234 valence electrons. The molecule has 0 unspecified atom stereocenters. The van der Waals surface area contributed by atoms with Crippen molar-refractivity contribution in [3.8, 4) is 34.3 Å². The second-order valence-electron chi connectivity index (χ2n) is 10.1. The van der Waals surface area contributed by atoms with Gasteiger partial charge in [-0.25, -0.2) is 0 Å². The highest BCUT2D eigenvalue weighted by Gasteiger charge is 2.51. The maximum Gasteiger partial charge on any atom is 0.197 e. The lowest BCUT2D eigenvalue weighted by Gasteiger charge is -2.45. The highest BCUT2D eigenvalue weighted by Crippen LogP contribution is 2.45. The van der Waals surface area contributed by atoms with Crippen LogP contribution in [0, 0.1) is 0 Å². The van der Waals surface area contributed by atoms with Gasteiger partial charge >= 0.3 is 0 Å². The topological polar surface area (TPSA) is 269 Å². The van der Waals surface area contributed by atoms with Gasteiger partial charge in [-0.3, -0.25) is 4.79 Å². The van der Waals surface area contributed by atoms with Crippen LogP contribution in [0.5, 0.6) is 23.0 Å². The van der Waals surface area contributed by atoms with Crippen molar-refractivity contribution in [3.63, 3.8) is 0 Å². The predicted octanol–water partition coefficient (Wildman–Crippen LogP) is -2.12. The second kappa shape index (κ2) is 11.9. The van der Waals surface area contributed by atoms with Crippen LogP contribution >= 0.6 is 0 Å². The molecule has 3 heterocycles. The predicted molar refractivity (Wildman–Crippen MR) is 140 cm³/mol. The Morgan fingerprint density at radius 3 is 2.23 bits per heavy atom. The first-order chi connectivity index (χ1) is 20.4. The summed E-state index contributed by atoms with van der Waals surface area (Å²) >= 11 is 0. The number of aliphatic hydroxyl groups is 7. The fourth-order valence-electron chi connectivity index (χ4n) is 5.14. The van der Waals surface area contributed by atoms with Crippen LogP contribution in [0.1, 0.15) is 11.7 Å². The van der Waals surface area contributed by atoms with Gasteiger partial charge in [-0.1, -0.05) is 0 Å². The molecule has 2 aliphatic rings. The van der Waals surface area contributed by atoms with Crippen molar-refractivity contribution in [1.29, 1.82) is 0 Å². The molecule has 10 atom stereocenters. The lowest BCUT2D eigenvalue weighted by molar-refractivity contribution is -0.355. The van der Waals surface area contributed by atoms with Crippen molar-refractivity contribution in [2.45, 2.75) is 61.4 Å². The molecular formula is C27H30O16. The number of aliphatic hydroxyl groups excluding tert-OH is 7. The van der Waals surface area contributed by atoms with Crippen LogP contribution in [-0.4, -0.2) is 120 Å². The van der Waals surface area contributed by atoms with E-state index in [1.807, 2.05) is 0 Å². The largest absolute Gasteiger partial charge is 0.507 e. The Morgan fingerprint density at radius 1 is 0.837 bits per heavy atom. The van der Waals surface area contributed by atoms with Gasteiger partial charge in [-0.05, 0) is 18.2 Å². The minimum atomic E-state index is -2.11. The van der Waals surface area contributed by atoms with E-state index in [-0.39, 0.29) is 22.8 Å². The third-order valence-corrected chi connectivity index (χ3v) is 7.46. The Morgan fingerprint density at radius 2 is 1.56 bits per heavy atom. The van der Waals surface area contributed by atoms with Crippen molar-refractivity contribution in [3.05, 3.63) is 46.1 Å². The van der Waals surface area contributed by atoms with Crippen LogP contribution in [0.3, 0.4) is 0 Å². The van der Waals surface area contributed by atoms with Gasteiger partial charge in [0, 0.05) is 17.7 Å². The molecule has 0 amide bonds. The zero-order chi connectivity index (χ0) is 31.3. The third kappa shape index (κ3) is 5.38. The zero-order valence-corrected chi connectivity index (χ0v) is 22.3. The molecule has 2 aromatic carbocycles.